The van der Waals surface area contributed by atoms with E-state index in [0.717, 1.165) is 27.2 Å². The summed E-state index contributed by atoms with van der Waals surface area (Å²) in [5.41, 5.74) is 4.09. The number of aromatic nitrogens is 1. The number of carbonyl (C=O) groups is 1. The zero-order valence-corrected chi connectivity index (χ0v) is 11.4. The van der Waals surface area contributed by atoms with Crippen molar-refractivity contribution in [2.24, 2.45) is 7.05 Å². The molecule has 0 spiro atoms. The second-order valence-corrected chi connectivity index (χ2v) is 4.93. The maximum absolute atomic E-state index is 11.8. The van der Waals surface area contributed by atoms with Gasteiger partial charge in [-0.2, -0.15) is 0 Å². The average molecular weight is 270 g/mol. The molecule has 0 aliphatic carbocycles. The Morgan fingerprint density at radius 3 is 2.70 bits per heavy atom. The van der Waals surface area contributed by atoms with E-state index < -0.39 is 0 Å². The standard InChI is InChI=1S/C15H15N3O2/c1-10-14-12(8-17(10)2)16-13(19)9-18(20)15(14)11-6-4-3-5-7-11/h3-8H,9H2,1-2H3,(H-,16,19,20)/p+1. The highest BCUT2D eigenvalue weighted by molar-refractivity contribution is 6.16. The van der Waals surface area contributed by atoms with Gasteiger partial charge in [-0.1, -0.05) is 18.2 Å². The van der Waals surface area contributed by atoms with Gasteiger partial charge >= 0.3 is 0 Å². The average Bonchev–Trinajstić information content (AvgIpc) is 2.61. The Kier molecular flexibility index (Phi) is 2.82. The number of benzene rings is 1. The van der Waals surface area contributed by atoms with Crippen molar-refractivity contribution in [1.29, 1.82) is 0 Å². The number of carbonyl (C=O) groups excluding carboxylic acids is 1. The van der Waals surface area contributed by atoms with Gasteiger partial charge in [-0.3, -0.25) is 10.0 Å². The number of amides is 1. The molecule has 1 aromatic carbocycles. The molecule has 1 aliphatic rings. The Balaban J connectivity index is 2.31. The van der Waals surface area contributed by atoms with Gasteiger partial charge in [0.25, 0.3) is 18.2 Å². The van der Waals surface area contributed by atoms with Gasteiger partial charge in [-0.15, -0.1) is 0 Å². The molecule has 3 rings (SSSR count). The normalized spacial score (nSPS) is 14.8. The van der Waals surface area contributed by atoms with Crippen LogP contribution in [-0.4, -0.2) is 32.7 Å². The van der Waals surface area contributed by atoms with Crippen LogP contribution in [0.1, 0.15) is 16.8 Å². The topological polar surface area (TPSA) is 57.3 Å². The van der Waals surface area contributed by atoms with E-state index in [9.17, 15) is 10.0 Å². The second-order valence-electron chi connectivity index (χ2n) is 4.93. The lowest BCUT2D eigenvalue weighted by molar-refractivity contribution is -0.765. The zero-order chi connectivity index (χ0) is 14.3. The van der Waals surface area contributed by atoms with E-state index in [4.69, 9.17) is 0 Å². The van der Waals surface area contributed by atoms with Crippen LogP contribution in [0.2, 0.25) is 0 Å². The van der Waals surface area contributed by atoms with Crippen molar-refractivity contribution in [3.8, 4) is 0 Å². The third kappa shape index (κ3) is 1.87. The largest absolute Gasteiger partial charge is 0.352 e. The molecule has 2 heterocycles. The van der Waals surface area contributed by atoms with Gasteiger partial charge in [-0.05, 0) is 23.8 Å². The lowest BCUT2D eigenvalue weighted by atomic mass is 10.0. The van der Waals surface area contributed by atoms with Gasteiger partial charge in [0.1, 0.15) is 0 Å². The lowest BCUT2D eigenvalue weighted by Crippen LogP contribution is -2.26. The second kappa shape index (κ2) is 4.52. The van der Waals surface area contributed by atoms with Crippen LogP contribution < -0.4 is 5.32 Å². The van der Waals surface area contributed by atoms with Crippen LogP contribution in [0.4, 0.5) is 5.69 Å². The fourth-order valence-corrected chi connectivity index (χ4v) is 2.54. The highest BCUT2D eigenvalue weighted by Crippen LogP contribution is 2.26. The van der Waals surface area contributed by atoms with Crippen molar-refractivity contribution < 1.29 is 14.7 Å². The summed E-state index contributed by atoms with van der Waals surface area (Å²) in [6.07, 6.45) is 1.87. The number of fused-ring (bicyclic) bond motifs is 1. The molecule has 0 radical (unpaired) electrons. The van der Waals surface area contributed by atoms with Crippen LogP contribution in [0.5, 0.6) is 0 Å². The van der Waals surface area contributed by atoms with E-state index in [2.05, 4.69) is 5.32 Å². The number of aryl methyl sites for hydroxylation is 1. The van der Waals surface area contributed by atoms with E-state index >= 15 is 0 Å². The van der Waals surface area contributed by atoms with Gasteiger partial charge in [0.05, 0.1) is 16.8 Å². The van der Waals surface area contributed by atoms with Crippen LogP contribution >= 0.6 is 0 Å². The first kappa shape index (κ1) is 12.5. The minimum Gasteiger partial charge on any atom is -0.352 e. The monoisotopic (exact) mass is 270 g/mol. The third-order valence-electron chi connectivity index (χ3n) is 3.59. The molecule has 2 aromatic rings. The Morgan fingerprint density at radius 1 is 1.30 bits per heavy atom. The Bertz CT molecular complexity index is 714. The fraction of sp³-hybridized carbons (Fsp3) is 0.200. The van der Waals surface area contributed by atoms with Crippen molar-refractivity contribution in [1.82, 2.24) is 4.57 Å². The van der Waals surface area contributed by atoms with Gasteiger partial charge in [0.15, 0.2) is 0 Å². The quantitative estimate of drug-likeness (QED) is 0.610. The smallest absolute Gasteiger partial charge is 0.294 e. The summed E-state index contributed by atoms with van der Waals surface area (Å²) in [6.45, 7) is 1.88. The summed E-state index contributed by atoms with van der Waals surface area (Å²) in [6, 6.07) is 9.59. The summed E-state index contributed by atoms with van der Waals surface area (Å²) < 4.78 is 2.95. The van der Waals surface area contributed by atoms with Crippen LogP contribution in [0.3, 0.4) is 0 Å². The van der Waals surface area contributed by atoms with Crippen molar-refractivity contribution in [2.45, 2.75) is 6.92 Å². The van der Waals surface area contributed by atoms with E-state index in [0.29, 0.717) is 5.71 Å². The molecule has 0 atom stereocenters. The van der Waals surface area contributed by atoms with Crippen LogP contribution in [0.15, 0.2) is 36.5 Å². The molecule has 5 nitrogen and oxygen atoms in total. The minimum absolute atomic E-state index is 0.0813. The van der Waals surface area contributed by atoms with Crippen molar-refractivity contribution >= 4 is 17.3 Å². The number of hydrogen-bond acceptors (Lipinski definition) is 2. The van der Waals surface area contributed by atoms with Gasteiger partial charge in [0.2, 0.25) is 0 Å². The van der Waals surface area contributed by atoms with E-state index in [1.165, 1.54) is 0 Å². The molecule has 1 aliphatic heterocycles. The molecule has 2 N–H and O–H groups in total. The molecule has 0 saturated carbocycles. The maximum Gasteiger partial charge on any atom is 0.294 e. The number of rotatable bonds is 1. The molecule has 0 fully saturated rings. The van der Waals surface area contributed by atoms with Crippen molar-refractivity contribution in [3.63, 3.8) is 0 Å². The molecule has 1 amide bonds. The number of anilines is 1. The highest BCUT2D eigenvalue weighted by Gasteiger charge is 2.32. The fourth-order valence-electron chi connectivity index (χ4n) is 2.54. The number of hydrogen-bond donors (Lipinski definition) is 2. The molecule has 20 heavy (non-hydrogen) atoms. The van der Waals surface area contributed by atoms with E-state index in [1.54, 1.807) is 0 Å². The first-order valence-corrected chi connectivity index (χ1v) is 6.43. The highest BCUT2D eigenvalue weighted by atomic mass is 16.5. The molecule has 1 aromatic heterocycles. The predicted octanol–water partition coefficient (Wildman–Crippen LogP) is 1.52. The molecule has 102 valence electrons. The molecular formula is C15H16N3O2+. The summed E-state index contributed by atoms with van der Waals surface area (Å²) in [5.74, 6) is -0.231. The van der Waals surface area contributed by atoms with E-state index in [-0.39, 0.29) is 12.5 Å². The Labute approximate surface area is 116 Å². The van der Waals surface area contributed by atoms with Crippen LogP contribution in [-0.2, 0) is 11.8 Å². The first-order valence-electron chi connectivity index (χ1n) is 6.43. The summed E-state index contributed by atoms with van der Waals surface area (Å²) >= 11 is 0. The number of nitrogens with one attached hydrogen (secondary N) is 1. The first-order chi connectivity index (χ1) is 9.58. The molecule has 5 heteroatoms. The van der Waals surface area contributed by atoms with Crippen LogP contribution in [0.25, 0.3) is 0 Å². The SMILES string of the molecule is Cc1c2c(cn1C)NC(=O)C[N+](O)=C2c1ccccc1. The molecular weight excluding hydrogens is 254 g/mol. The maximum atomic E-state index is 11.8. The Hall–Kier alpha value is -2.56. The van der Waals surface area contributed by atoms with Crippen molar-refractivity contribution in [3.05, 3.63) is 53.3 Å². The summed E-state index contributed by atoms with van der Waals surface area (Å²) in [5, 5.41) is 13.1. The predicted molar refractivity (Wildman–Crippen MR) is 75.3 cm³/mol. The number of nitrogens with zero attached hydrogens (tertiary/aromatic N) is 2. The molecule has 0 bridgehead atoms. The number of hydroxylamine groups is 1. The van der Waals surface area contributed by atoms with Gasteiger partial charge in [-0.25, -0.2) is 0 Å². The van der Waals surface area contributed by atoms with Crippen molar-refractivity contribution in [2.75, 3.05) is 11.9 Å². The Morgan fingerprint density at radius 2 is 2.00 bits per heavy atom. The molecule has 0 unspecified atom stereocenters. The third-order valence-corrected chi connectivity index (χ3v) is 3.59. The zero-order valence-electron chi connectivity index (χ0n) is 11.4. The van der Waals surface area contributed by atoms with Gasteiger partial charge < -0.3 is 9.88 Å². The van der Waals surface area contributed by atoms with Crippen LogP contribution in [0, 0.1) is 6.92 Å². The lowest BCUT2D eigenvalue weighted by Gasteiger charge is -2.03. The van der Waals surface area contributed by atoms with Gasteiger partial charge in [0, 0.05) is 18.9 Å². The van der Waals surface area contributed by atoms with E-state index in [1.807, 2.05) is 55.1 Å². The summed E-state index contributed by atoms with van der Waals surface area (Å²) in [4.78, 5) is 11.8. The molecule has 0 saturated heterocycles. The minimum atomic E-state index is -0.231. The summed E-state index contributed by atoms with van der Waals surface area (Å²) in [7, 11) is 1.92.